The van der Waals surface area contributed by atoms with Crippen molar-refractivity contribution in [1.82, 2.24) is 9.97 Å². The first kappa shape index (κ1) is 23.9. The van der Waals surface area contributed by atoms with Gasteiger partial charge in [-0.05, 0) is 123 Å². The number of aromatic amines is 1. The van der Waals surface area contributed by atoms with Crippen LogP contribution in [0.15, 0.2) is 66.7 Å². The number of hydrogen-bond acceptors (Lipinski definition) is 4. The molecule has 1 heterocycles. The van der Waals surface area contributed by atoms with Crippen molar-refractivity contribution in [2.45, 2.75) is 38.5 Å². The van der Waals surface area contributed by atoms with Gasteiger partial charge in [-0.3, -0.25) is 9.59 Å². The van der Waals surface area contributed by atoms with E-state index in [1.54, 1.807) is 31.4 Å². The summed E-state index contributed by atoms with van der Waals surface area (Å²) in [5.74, 6) is 3.68. The van der Waals surface area contributed by atoms with E-state index in [9.17, 15) is 9.59 Å². The zero-order chi connectivity index (χ0) is 26.6. The van der Waals surface area contributed by atoms with Gasteiger partial charge in [0.25, 0.3) is 5.91 Å². The number of benzene rings is 3. The van der Waals surface area contributed by atoms with Crippen molar-refractivity contribution in [3.63, 3.8) is 0 Å². The molecule has 1 aromatic heterocycles. The second kappa shape index (κ2) is 9.26. The van der Waals surface area contributed by atoms with Gasteiger partial charge in [-0.25, -0.2) is 4.98 Å². The Morgan fingerprint density at radius 3 is 2.13 bits per heavy atom. The van der Waals surface area contributed by atoms with Crippen molar-refractivity contribution in [2.75, 3.05) is 17.7 Å². The lowest BCUT2D eigenvalue weighted by Crippen LogP contribution is -2.51. The standard InChI is InChI=1S/C32H32N4O3/c1-39-26-9-4-23(5-10-26)30(37)33-24-6-2-22(3-7-24)29-35-27-11-8-25(15-28(27)36-29)34-31(38)32-16-19-12-20(17-32)14-21(13-19)18-32/h2-11,15,19-21H,12-14,16-18H2,1H3,(H,33,37)(H,34,38)(H,35,36). The van der Waals surface area contributed by atoms with E-state index in [2.05, 4.69) is 15.6 Å². The second-order valence-corrected chi connectivity index (χ2v) is 11.7. The Hall–Kier alpha value is -4.13. The summed E-state index contributed by atoms with van der Waals surface area (Å²) in [4.78, 5) is 34.2. The largest absolute Gasteiger partial charge is 0.497 e. The molecule has 4 aliphatic rings. The molecule has 7 nitrogen and oxygen atoms in total. The van der Waals surface area contributed by atoms with Crippen molar-refractivity contribution in [1.29, 1.82) is 0 Å². The third kappa shape index (κ3) is 4.46. The van der Waals surface area contributed by atoms with E-state index in [-0.39, 0.29) is 17.2 Å². The van der Waals surface area contributed by atoms with Crippen molar-refractivity contribution in [3.05, 3.63) is 72.3 Å². The number of carbonyl (C=O) groups is 2. The Labute approximate surface area is 227 Å². The molecule has 198 valence electrons. The molecule has 3 aromatic carbocycles. The first-order valence-corrected chi connectivity index (χ1v) is 13.8. The number of carbonyl (C=O) groups excluding carboxylic acids is 2. The fourth-order valence-electron chi connectivity index (χ4n) is 7.53. The van der Waals surface area contributed by atoms with Crippen LogP contribution in [0.4, 0.5) is 11.4 Å². The molecule has 8 rings (SSSR count). The maximum absolute atomic E-state index is 13.5. The molecule has 4 bridgehead atoms. The fraction of sp³-hybridized carbons (Fsp3) is 0.344. The van der Waals surface area contributed by atoms with E-state index in [0.29, 0.717) is 17.0 Å². The lowest BCUT2D eigenvalue weighted by Gasteiger charge is -2.55. The summed E-state index contributed by atoms with van der Waals surface area (Å²) in [5.41, 5.74) is 4.53. The first-order valence-electron chi connectivity index (χ1n) is 13.8. The van der Waals surface area contributed by atoms with Crippen LogP contribution < -0.4 is 15.4 Å². The van der Waals surface area contributed by atoms with Gasteiger partial charge in [-0.1, -0.05) is 0 Å². The highest BCUT2D eigenvalue weighted by molar-refractivity contribution is 6.04. The Balaban J connectivity index is 1.04. The predicted molar refractivity (Wildman–Crippen MR) is 152 cm³/mol. The maximum Gasteiger partial charge on any atom is 0.255 e. The van der Waals surface area contributed by atoms with E-state index in [4.69, 9.17) is 9.72 Å². The zero-order valence-electron chi connectivity index (χ0n) is 22.0. The van der Waals surface area contributed by atoms with Gasteiger partial charge in [0.2, 0.25) is 5.91 Å². The molecule has 3 N–H and O–H groups in total. The molecule has 4 fully saturated rings. The molecule has 0 saturated heterocycles. The summed E-state index contributed by atoms with van der Waals surface area (Å²) in [5, 5.41) is 6.17. The molecule has 4 aliphatic carbocycles. The highest BCUT2D eigenvalue weighted by Crippen LogP contribution is 2.60. The number of nitrogens with one attached hydrogen (secondary N) is 3. The van der Waals surface area contributed by atoms with Gasteiger partial charge < -0.3 is 20.4 Å². The van der Waals surface area contributed by atoms with E-state index in [0.717, 1.165) is 65.1 Å². The fourth-order valence-corrected chi connectivity index (χ4v) is 7.53. The van der Waals surface area contributed by atoms with Crippen LogP contribution in [-0.2, 0) is 4.79 Å². The van der Waals surface area contributed by atoms with Crippen LogP contribution in [0.25, 0.3) is 22.4 Å². The minimum Gasteiger partial charge on any atom is -0.497 e. The number of hydrogen-bond donors (Lipinski definition) is 3. The number of anilines is 2. The summed E-state index contributed by atoms with van der Waals surface area (Å²) in [6, 6.07) is 20.5. The normalized spacial score (nSPS) is 25.0. The molecule has 4 saturated carbocycles. The Morgan fingerprint density at radius 2 is 1.49 bits per heavy atom. The van der Waals surface area contributed by atoms with Crippen LogP contribution in [0.2, 0.25) is 0 Å². The van der Waals surface area contributed by atoms with Crippen molar-refractivity contribution < 1.29 is 14.3 Å². The van der Waals surface area contributed by atoms with Gasteiger partial charge >= 0.3 is 0 Å². The van der Waals surface area contributed by atoms with Gasteiger partial charge in [0, 0.05) is 22.5 Å². The lowest BCUT2D eigenvalue weighted by atomic mass is 9.49. The summed E-state index contributed by atoms with van der Waals surface area (Å²) >= 11 is 0. The molecular formula is C32H32N4O3. The van der Waals surface area contributed by atoms with Crippen LogP contribution in [-0.4, -0.2) is 28.9 Å². The van der Waals surface area contributed by atoms with E-state index in [1.165, 1.54) is 19.3 Å². The summed E-state index contributed by atoms with van der Waals surface area (Å²) < 4.78 is 5.15. The van der Waals surface area contributed by atoms with Crippen molar-refractivity contribution in [3.8, 4) is 17.1 Å². The van der Waals surface area contributed by atoms with E-state index in [1.807, 2.05) is 42.5 Å². The van der Waals surface area contributed by atoms with Crippen molar-refractivity contribution in [2.24, 2.45) is 23.2 Å². The molecule has 4 aromatic rings. The Bertz CT molecular complexity index is 1520. The lowest BCUT2D eigenvalue weighted by molar-refractivity contribution is -0.140. The molecule has 0 radical (unpaired) electrons. The molecule has 2 amide bonds. The number of methoxy groups -OCH3 is 1. The Morgan fingerprint density at radius 1 is 0.846 bits per heavy atom. The highest BCUT2D eigenvalue weighted by Gasteiger charge is 2.54. The third-order valence-corrected chi connectivity index (χ3v) is 9.03. The molecule has 7 heteroatoms. The molecule has 0 aliphatic heterocycles. The van der Waals surface area contributed by atoms with Crippen molar-refractivity contribution >= 4 is 34.2 Å². The minimum atomic E-state index is -0.183. The summed E-state index contributed by atoms with van der Waals surface area (Å²) in [7, 11) is 1.60. The SMILES string of the molecule is COc1ccc(C(=O)Nc2ccc(-c3nc4ccc(NC(=O)C56CC7CC(CC(C7)C5)C6)cc4[nH]3)cc2)cc1. The zero-order valence-corrected chi connectivity index (χ0v) is 22.0. The minimum absolute atomic E-state index is 0.173. The van der Waals surface area contributed by atoms with Gasteiger partial charge in [0.05, 0.1) is 23.6 Å². The number of ether oxygens (including phenoxy) is 1. The number of rotatable bonds is 6. The quantitative estimate of drug-likeness (QED) is 0.265. The molecule has 0 atom stereocenters. The van der Waals surface area contributed by atoms with Crippen LogP contribution >= 0.6 is 0 Å². The molecular weight excluding hydrogens is 488 g/mol. The monoisotopic (exact) mass is 520 g/mol. The van der Waals surface area contributed by atoms with E-state index >= 15 is 0 Å². The molecule has 0 unspecified atom stereocenters. The Kier molecular flexibility index (Phi) is 5.69. The number of amides is 2. The van der Waals surface area contributed by atoms with Gasteiger partial charge in [-0.2, -0.15) is 0 Å². The van der Waals surface area contributed by atoms with Gasteiger partial charge in [0.1, 0.15) is 11.6 Å². The summed E-state index contributed by atoms with van der Waals surface area (Å²) in [6.07, 6.45) is 7.13. The van der Waals surface area contributed by atoms with Crippen LogP contribution in [0, 0.1) is 23.2 Å². The summed E-state index contributed by atoms with van der Waals surface area (Å²) in [6.45, 7) is 0. The van der Waals surface area contributed by atoms with Crippen LogP contribution in [0.3, 0.4) is 0 Å². The van der Waals surface area contributed by atoms with E-state index < -0.39 is 0 Å². The second-order valence-electron chi connectivity index (χ2n) is 11.7. The number of imidazole rings is 1. The number of aromatic nitrogens is 2. The highest BCUT2D eigenvalue weighted by atomic mass is 16.5. The average molecular weight is 521 g/mol. The number of nitrogens with zero attached hydrogens (tertiary/aromatic N) is 1. The topological polar surface area (TPSA) is 96.1 Å². The van der Waals surface area contributed by atoms with Crippen LogP contribution in [0.5, 0.6) is 5.75 Å². The number of fused-ring (bicyclic) bond motifs is 1. The first-order chi connectivity index (χ1) is 19.0. The predicted octanol–water partition coefficient (Wildman–Crippen LogP) is 6.65. The van der Waals surface area contributed by atoms with Gasteiger partial charge in [-0.15, -0.1) is 0 Å². The number of H-pyrrole nitrogens is 1. The molecule has 39 heavy (non-hydrogen) atoms. The maximum atomic E-state index is 13.5. The molecule has 0 spiro atoms. The van der Waals surface area contributed by atoms with Gasteiger partial charge in [0.15, 0.2) is 0 Å². The average Bonchev–Trinajstić information content (AvgIpc) is 3.36. The smallest absolute Gasteiger partial charge is 0.255 e. The third-order valence-electron chi connectivity index (χ3n) is 9.03. The van der Waals surface area contributed by atoms with Crippen LogP contribution in [0.1, 0.15) is 48.9 Å².